The molecule has 0 aromatic rings. The number of thiocarbonyl (C=S) groups is 1. The largest absolute Gasteiger partial charge is 1.00 e. The molecule has 13 heavy (non-hydrogen) atoms. The van der Waals surface area contributed by atoms with E-state index in [1.807, 2.05) is 0 Å². The number of nitrogens with zero attached hydrogens (tertiary/aromatic N) is 1. The van der Waals surface area contributed by atoms with Crippen molar-refractivity contribution < 1.29 is 51.4 Å². The smallest absolute Gasteiger partial charge is 0.411 e. The minimum atomic E-state index is 0. The number of nitrogens with one attached hydrogen (secondary N) is 1. The second kappa shape index (κ2) is 7.93. The van der Waals surface area contributed by atoms with Crippen LogP contribution in [0.4, 0.5) is 0 Å². The van der Waals surface area contributed by atoms with Crippen molar-refractivity contribution in [3.05, 3.63) is 0 Å². The first-order valence-electron chi connectivity index (χ1n) is 4.44. The minimum Gasteiger partial charge on any atom is -0.411 e. The molecule has 1 aliphatic heterocycles. The second-order valence-corrected chi connectivity index (χ2v) is 4.14. The van der Waals surface area contributed by atoms with Crippen LogP contribution in [-0.2, 0) is 12.6 Å². The van der Waals surface area contributed by atoms with Crippen LogP contribution >= 0.6 is 12.2 Å². The predicted octanol–water partition coefficient (Wildman–Crippen LogP) is -2.10. The van der Waals surface area contributed by atoms with Gasteiger partial charge in [-0.1, -0.05) is 17.7 Å². The summed E-state index contributed by atoms with van der Waals surface area (Å²) in [5, 5.41) is 3.36. The summed E-state index contributed by atoms with van der Waals surface area (Å²) in [4.78, 5) is 2.17. The first kappa shape index (κ1) is 14.7. The molecule has 0 amide bonds. The molecule has 0 spiro atoms. The summed E-state index contributed by atoms with van der Waals surface area (Å²) in [6.07, 6.45) is 2.38. The standard InChI is InChI=1S/C8H16N2S2.K/c1-2-3-7-6-9-4-5-10(7)8(11)12;/h7,9H,2-6H2,1H3,(H,11,12);/q;+1/p-1. The number of hydrogen-bond acceptors (Lipinski definition) is 3. The van der Waals surface area contributed by atoms with Crippen LogP contribution in [0.15, 0.2) is 0 Å². The van der Waals surface area contributed by atoms with Crippen molar-refractivity contribution >= 4 is 29.2 Å². The maximum absolute atomic E-state index is 5.02. The van der Waals surface area contributed by atoms with Gasteiger partial charge in [-0.2, -0.15) is 0 Å². The number of piperazine rings is 1. The van der Waals surface area contributed by atoms with E-state index in [2.05, 4.69) is 17.1 Å². The van der Waals surface area contributed by atoms with Gasteiger partial charge < -0.3 is 35.1 Å². The van der Waals surface area contributed by atoms with Crippen LogP contribution in [0.25, 0.3) is 0 Å². The summed E-state index contributed by atoms with van der Waals surface area (Å²) >= 11 is 10.0. The topological polar surface area (TPSA) is 15.3 Å². The van der Waals surface area contributed by atoms with Gasteiger partial charge in [-0.05, 0) is 6.42 Å². The van der Waals surface area contributed by atoms with E-state index >= 15 is 0 Å². The molecule has 1 N–H and O–H groups in total. The molecular formula is C8H15KN2S2. The Kier molecular flexibility index (Phi) is 8.97. The van der Waals surface area contributed by atoms with E-state index in [4.69, 9.17) is 24.8 Å². The molecule has 0 aliphatic carbocycles. The Balaban J connectivity index is 0.00000144. The molecule has 0 radical (unpaired) electrons. The van der Waals surface area contributed by atoms with Crippen molar-refractivity contribution in [2.75, 3.05) is 19.6 Å². The molecule has 70 valence electrons. The van der Waals surface area contributed by atoms with Crippen LogP contribution in [0, 0.1) is 0 Å². The van der Waals surface area contributed by atoms with Gasteiger partial charge in [0, 0.05) is 25.7 Å². The fourth-order valence-corrected chi connectivity index (χ4v) is 2.07. The fraction of sp³-hybridized carbons (Fsp3) is 0.875. The zero-order valence-corrected chi connectivity index (χ0v) is 13.1. The summed E-state index contributed by atoms with van der Waals surface area (Å²) in [7, 11) is 0. The van der Waals surface area contributed by atoms with Gasteiger partial charge in [-0.15, -0.1) is 0 Å². The molecule has 1 fully saturated rings. The van der Waals surface area contributed by atoms with Gasteiger partial charge in [0.2, 0.25) is 0 Å². The third kappa shape index (κ3) is 4.84. The Hall–Kier alpha value is 1.71. The zero-order chi connectivity index (χ0) is 8.97. The van der Waals surface area contributed by atoms with Gasteiger partial charge in [0.05, 0.1) is 0 Å². The normalized spacial score (nSPS) is 22.2. The van der Waals surface area contributed by atoms with Gasteiger partial charge in [0.1, 0.15) is 0 Å². The van der Waals surface area contributed by atoms with Crippen LogP contribution in [0.1, 0.15) is 19.8 Å². The van der Waals surface area contributed by atoms with E-state index in [0.29, 0.717) is 10.4 Å². The average Bonchev–Trinajstić information content (AvgIpc) is 2.05. The third-order valence-corrected chi connectivity index (χ3v) is 2.68. The van der Waals surface area contributed by atoms with Crippen molar-refractivity contribution in [3.63, 3.8) is 0 Å². The molecule has 1 atom stereocenters. The van der Waals surface area contributed by atoms with Crippen molar-refractivity contribution in [2.24, 2.45) is 0 Å². The summed E-state index contributed by atoms with van der Waals surface area (Å²) < 4.78 is 0.634. The third-order valence-electron chi connectivity index (χ3n) is 2.21. The first-order valence-corrected chi connectivity index (χ1v) is 5.25. The van der Waals surface area contributed by atoms with Crippen LogP contribution < -0.4 is 56.7 Å². The van der Waals surface area contributed by atoms with Crippen LogP contribution in [0.2, 0.25) is 0 Å². The van der Waals surface area contributed by atoms with Crippen LogP contribution in [0.3, 0.4) is 0 Å². The van der Waals surface area contributed by atoms with E-state index in [1.165, 1.54) is 12.8 Å². The molecule has 1 aliphatic rings. The molecular weight excluding hydrogens is 227 g/mol. The summed E-state index contributed by atoms with van der Waals surface area (Å²) in [6, 6.07) is 0.536. The molecule has 0 aromatic heterocycles. The molecule has 2 nitrogen and oxygen atoms in total. The predicted molar refractivity (Wildman–Crippen MR) is 58.2 cm³/mol. The molecule has 1 unspecified atom stereocenters. The molecule has 5 heteroatoms. The molecule has 1 heterocycles. The Bertz CT molecular complexity index is 164. The zero-order valence-electron chi connectivity index (χ0n) is 8.38. The van der Waals surface area contributed by atoms with E-state index < -0.39 is 0 Å². The van der Waals surface area contributed by atoms with Crippen molar-refractivity contribution in [1.29, 1.82) is 0 Å². The van der Waals surface area contributed by atoms with E-state index in [0.717, 1.165) is 19.6 Å². The van der Waals surface area contributed by atoms with Gasteiger partial charge >= 0.3 is 51.4 Å². The molecule has 1 saturated heterocycles. The maximum Gasteiger partial charge on any atom is 1.00 e. The molecule has 0 aromatic carbocycles. The van der Waals surface area contributed by atoms with Crippen molar-refractivity contribution in [2.45, 2.75) is 25.8 Å². The van der Waals surface area contributed by atoms with E-state index in [9.17, 15) is 0 Å². The number of rotatable bonds is 2. The Morgan fingerprint density at radius 3 is 2.92 bits per heavy atom. The fourth-order valence-electron chi connectivity index (χ4n) is 1.59. The molecule has 0 saturated carbocycles. The van der Waals surface area contributed by atoms with E-state index in [1.54, 1.807) is 0 Å². The summed E-state index contributed by atoms with van der Waals surface area (Å²) in [5.74, 6) is 0. The van der Waals surface area contributed by atoms with Gasteiger partial charge in [0.15, 0.2) is 0 Å². The van der Waals surface area contributed by atoms with Gasteiger partial charge in [-0.3, -0.25) is 0 Å². The van der Waals surface area contributed by atoms with E-state index in [-0.39, 0.29) is 51.4 Å². The van der Waals surface area contributed by atoms with Crippen molar-refractivity contribution in [3.8, 4) is 0 Å². The summed E-state index contributed by atoms with van der Waals surface area (Å²) in [5.41, 5.74) is 0. The number of hydrogen-bond donors (Lipinski definition) is 1. The van der Waals surface area contributed by atoms with Gasteiger partial charge in [-0.25, -0.2) is 0 Å². The van der Waals surface area contributed by atoms with Crippen LogP contribution in [0.5, 0.6) is 0 Å². The molecule has 0 bridgehead atoms. The Morgan fingerprint density at radius 1 is 1.69 bits per heavy atom. The Labute approximate surface area is 134 Å². The SMILES string of the molecule is CCCC1CNCCN1C(=S)[S-].[K+]. The average molecular weight is 242 g/mol. The second-order valence-electron chi connectivity index (χ2n) is 3.11. The molecule has 1 rings (SSSR count). The quantitative estimate of drug-likeness (QED) is 0.339. The monoisotopic (exact) mass is 242 g/mol. The first-order chi connectivity index (χ1) is 5.75. The van der Waals surface area contributed by atoms with Crippen molar-refractivity contribution in [1.82, 2.24) is 10.2 Å². The minimum absolute atomic E-state index is 0. The van der Waals surface area contributed by atoms with Gasteiger partial charge in [0.25, 0.3) is 0 Å². The van der Waals surface area contributed by atoms with Crippen LogP contribution in [-0.4, -0.2) is 34.9 Å². The Morgan fingerprint density at radius 2 is 2.38 bits per heavy atom. The maximum atomic E-state index is 5.02. The summed E-state index contributed by atoms with van der Waals surface area (Å²) in [6.45, 7) is 5.22.